The van der Waals surface area contributed by atoms with Crippen LogP contribution in [0.2, 0.25) is 5.02 Å². The molecule has 0 saturated carbocycles. The topological polar surface area (TPSA) is 127 Å². The van der Waals surface area contributed by atoms with Crippen LogP contribution in [0.3, 0.4) is 0 Å². The van der Waals surface area contributed by atoms with E-state index in [0.717, 1.165) is 14.5 Å². The van der Waals surface area contributed by atoms with Gasteiger partial charge < -0.3 is 10.6 Å². The van der Waals surface area contributed by atoms with Crippen molar-refractivity contribution < 1.29 is 13.2 Å². The van der Waals surface area contributed by atoms with E-state index in [-0.39, 0.29) is 16.3 Å². The second kappa shape index (κ2) is 7.55. The fraction of sp³-hybridized carbons (Fsp3) is 0.136. The summed E-state index contributed by atoms with van der Waals surface area (Å²) in [6, 6.07) is 12.1. The molecule has 0 aliphatic carbocycles. The molecule has 1 unspecified atom stereocenters. The van der Waals surface area contributed by atoms with Crippen molar-refractivity contribution in [1.29, 1.82) is 5.41 Å². The lowest BCUT2D eigenvalue weighted by Gasteiger charge is -2.29. The molecule has 9 nitrogen and oxygen atoms in total. The summed E-state index contributed by atoms with van der Waals surface area (Å²) in [5, 5.41) is 9.57. The fourth-order valence-corrected chi connectivity index (χ4v) is 5.25. The summed E-state index contributed by atoms with van der Waals surface area (Å²) in [4.78, 5) is 8.84. The van der Waals surface area contributed by atoms with E-state index >= 15 is 0 Å². The van der Waals surface area contributed by atoms with Crippen LogP contribution in [0.5, 0.6) is 11.6 Å². The van der Waals surface area contributed by atoms with Gasteiger partial charge in [-0.3, -0.25) is 10.4 Å². The zero-order chi connectivity index (χ0) is 23.5. The van der Waals surface area contributed by atoms with E-state index in [1.165, 1.54) is 20.4 Å². The highest BCUT2D eigenvalue weighted by Gasteiger charge is 2.36. The van der Waals surface area contributed by atoms with Gasteiger partial charge in [0, 0.05) is 42.2 Å². The molecule has 2 aromatic heterocycles. The van der Waals surface area contributed by atoms with Gasteiger partial charge in [0.15, 0.2) is 11.2 Å². The lowest BCUT2D eigenvalue weighted by Crippen LogP contribution is -2.34. The number of fused-ring (bicyclic) bond motifs is 4. The van der Waals surface area contributed by atoms with Crippen molar-refractivity contribution in [3.8, 4) is 11.6 Å². The van der Waals surface area contributed by atoms with Crippen molar-refractivity contribution in [2.75, 3.05) is 19.9 Å². The molecule has 1 aliphatic heterocycles. The first-order chi connectivity index (χ1) is 15.7. The Morgan fingerprint density at radius 3 is 2.61 bits per heavy atom. The van der Waals surface area contributed by atoms with Crippen LogP contribution in [0.15, 0.2) is 59.9 Å². The van der Waals surface area contributed by atoms with E-state index in [4.69, 9.17) is 27.6 Å². The SMILES string of the molecule is CN(C)S(=O)(=O)c1cc2c(c3ncccc13)Oc1ncn(N)c(=N)c1C2c1ccc(Cl)cc1. The van der Waals surface area contributed by atoms with E-state index < -0.39 is 15.9 Å². The van der Waals surface area contributed by atoms with E-state index in [0.29, 0.717) is 32.8 Å². The Hall–Kier alpha value is -3.47. The first-order valence-electron chi connectivity index (χ1n) is 9.89. The van der Waals surface area contributed by atoms with Crippen molar-refractivity contribution in [3.05, 3.63) is 82.2 Å². The Labute approximate surface area is 194 Å². The Bertz CT molecular complexity index is 1580. The summed E-state index contributed by atoms with van der Waals surface area (Å²) < 4.78 is 34.9. The van der Waals surface area contributed by atoms with E-state index in [9.17, 15) is 8.42 Å². The molecule has 5 rings (SSSR count). The van der Waals surface area contributed by atoms with Crippen LogP contribution in [0.4, 0.5) is 0 Å². The van der Waals surface area contributed by atoms with Gasteiger partial charge in [0.05, 0.1) is 10.5 Å². The summed E-state index contributed by atoms with van der Waals surface area (Å²) in [6.45, 7) is 0. The number of hydrogen-bond acceptors (Lipinski definition) is 7. The monoisotopic (exact) mass is 482 g/mol. The smallest absolute Gasteiger partial charge is 0.243 e. The fourth-order valence-electron chi connectivity index (χ4n) is 4.02. The van der Waals surface area contributed by atoms with Crippen LogP contribution >= 0.6 is 11.6 Å². The standard InChI is InChI=1S/C22H19ClN6O3S/c1-28(2)33(30,31)16-10-15-17(12-5-7-13(23)8-6-12)18-21(24)29(25)11-27-22(18)32-20(15)19-14(16)4-3-9-26-19/h3-11,17,24H,25H2,1-2H3. The second-order valence-electron chi connectivity index (χ2n) is 7.79. The number of nitrogens with zero attached hydrogens (tertiary/aromatic N) is 4. The molecular formula is C22H19ClN6O3S. The number of aromatic nitrogens is 3. The Morgan fingerprint density at radius 2 is 1.91 bits per heavy atom. The summed E-state index contributed by atoms with van der Waals surface area (Å²) in [5.41, 5.74) is 2.10. The van der Waals surface area contributed by atoms with Gasteiger partial charge in [-0.2, -0.15) is 0 Å². The summed E-state index contributed by atoms with van der Waals surface area (Å²) >= 11 is 6.11. The Kier molecular flexibility index (Phi) is 4.89. The van der Waals surface area contributed by atoms with E-state index in [1.807, 2.05) is 12.1 Å². The highest BCUT2D eigenvalue weighted by molar-refractivity contribution is 7.89. The summed E-state index contributed by atoms with van der Waals surface area (Å²) in [7, 11) is -0.871. The van der Waals surface area contributed by atoms with Crippen LogP contribution in [0.1, 0.15) is 22.6 Å². The van der Waals surface area contributed by atoms with E-state index in [2.05, 4.69) is 9.97 Å². The van der Waals surface area contributed by atoms with Gasteiger partial charge in [0.2, 0.25) is 15.9 Å². The van der Waals surface area contributed by atoms with Gasteiger partial charge in [-0.15, -0.1) is 0 Å². The highest BCUT2D eigenvalue weighted by Crippen LogP contribution is 2.49. The molecule has 0 amide bonds. The third-order valence-electron chi connectivity index (χ3n) is 5.64. The van der Waals surface area contributed by atoms with Crippen molar-refractivity contribution in [3.63, 3.8) is 0 Å². The molecule has 3 N–H and O–H groups in total. The highest BCUT2D eigenvalue weighted by atomic mass is 35.5. The van der Waals surface area contributed by atoms with Crippen molar-refractivity contribution in [2.24, 2.45) is 0 Å². The van der Waals surface area contributed by atoms with Crippen LogP contribution in [-0.2, 0) is 10.0 Å². The van der Waals surface area contributed by atoms with Crippen molar-refractivity contribution >= 4 is 32.5 Å². The third-order valence-corrected chi connectivity index (χ3v) is 7.75. The molecule has 4 aromatic rings. The lowest BCUT2D eigenvalue weighted by molar-refractivity contribution is 0.429. The largest absolute Gasteiger partial charge is 0.436 e. The molecule has 1 atom stereocenters. The van der Waals surface area contributed by atoms with Crippen molar-refractivity contribution in [1.82, 2.24) is 18.9 Å². The van der Waals surface area contributed by atoms with Crippen LogP contribution in [0, 0.1) is 5.41 Å². The molecular weight excluding hydrogens is 464 g/mol. The van der Waals surface area contributed by atoms with Gasteiger partial charge in [-0.05, 0) is 35.9 Å². The molecule has 2 aromatic carbocycles. The average molecular weight is 483 g/mol. The number of nitrogen functional groups attached to an aromatic ring is 1. The Balaban J connectivity index is 1.93. The molecule has 0 radical (unpaired) electrons. The number of rotatable bonds is 3. The number of benzene rings is 2. The minimum atomic E-state index is -3.82. The normalized spacial score (nSPS) is 15.2. The maximum Gasteiger partial charge on any atom is 0.243 e. The van der Waals surface area contributed by atoms with Crippen LogP contribution in [0.25, 0.3) is 10.9 Å². The number of sulfonamides is 1. The maximum absolute atomic E-state index is 13.3. The molecule has 1 aliphatic rings. The predicted octanol–water partition coefficient (Wildman–Crippen LogP) is 2.81. The van der Waals surface area contributed by atoms with Gasteiger partial charge >= 0.3 is 0 Å². The first-order valence-corrected chi connectivity index (χ1v) is 11.7. The molecule has 11 heteroatoms. The zero-order valence-electron chi connectivity index (χ0n) is 17.7. The minimum absolute atomic E-state index is 0.0104. The third kappa shape index (κ3) is 3.26. The van der Waals surface area contributed by atoms with Crippen LogP contribution in [-0.4, -0.2) is 41.5 Å². The van der Waals surface area contributed by atoms with Crippen LogP contribution < -0.4 is 16.1 Å². The molecule has 168 valence electrons. The van der Waals surface area contributed by atoms with Gasteiger partial charge in [0.1, 0.15) is 11.8 Å². The molecule has 3 heterocycles. The van der Waals surface area contributed by atoms with Gasteiger partial charge in [-0.25, -0.2) is 22.4 Å². The number of ether oxygens (including phenoxy) is 1. The van der Waals surface area contributed by atoms with E-state index in [1.54, 1.807) is 36.5 Å². The van der Waals surface area contributed by atoms with Crippen molar-refractivity contribution in [2.45, 2.75) is 10.8 Å². The average Bonchev–Trinajstić information content (AvgIpc) is 2.80. The second-order valence-corrected chi connectivity index (χ2v) is 10.3. The number of halogens is 1. The predicted molar refractivity (Wildman–Crippen MR) is 123 cm³/mol. The number of pyridine rings is 1. The minimum Gasteiger partial charge on any atom is -0.436 e. The number of nitrogens with two attached hydrogens (primary N) is 1. The first kappa shape index (κ1) is 21.4. The van der Waals surface area contributed by atoms with Gasteiger partial charge in [-0.1, -0.05) is 23.7 Å². The quantitative estimate of drug-likeness (QED) is 0.381. The van der Waals surface area contributed by atoms with Gasteiger partial charge in [0.25, 0.3) is 0 Å². The zero-order valence-corrected chi connectivity index (χ0v) is 19.2. The molecule has 0 saturated heterocycles. The lowest BCUT2D eigenvalue weighted by atomic mass is 9.83. The number of nitrogens with one attached hydrogen (secondary N) is 1. The molecule has 0 bridgehead atoms. The Morgan fingerprint density at radius 1 is 1.18 bits per heavy atom. The molecule has 0 fully saturated rings. The summed E-state index contributed by atoms with van der Waals surface area (Å²) in [5.74, 6) is 5.95. The molecule has 33 heavy (non-hydrogen) atoms. The number of hydrogen-bond donors (Lipinski definition) is 2. The molecule has 0 spiro atoms. The summed E-state index contributed by atoms with van der Waals surface area (Å²) in [6.07, 6.45) is 2.87. The maximum atomic E-state index is 13.3.